The van der Waals surface area contributed by atoms with Gasteiger partial charge in [0, 0.05) is 10.1 Å². The second kappa shape index (κ2) is 6.95. The molecule has 1 aliphatic heterocycles. The van der Waals surface area contributed by atoms with Crippen LogP contribution in [0.5, 0.6) is 0 Å². The number of carbonyl (C=O) groups excluding carboxylic acids is 1. The molecule has 1 aliphatic rings. The normalized spacial score (nSPS) is 14.3. The first-order chi connectivity index (χ1) is 10.8. The van der Waals surface area contributed by atoms with Crippen molar-refractivity contribution in [2.45, 2.75) is 0 Å². The maximum absolute atomic E-state index is 11.7. The largest absolute Gasteiger partial charge is 0.749 e. The van der Waals surface area contributed by atoms with E-state index in [2.05, 4.69) is 9.95 Å². The summed E-state index contributed by atoms with van der Waals surface area (Å²) in [5.74, 6) is -0.499. The van der Waals surface area contributed by atoms with E-state index in [1.54, 1.807) is 24.3 Å². The average Bonchev–Trinajstić information content (AvgIpc) is 2.45. The topological polar surface area (TPSA) is 114 Å². The van der Waals surface area contributed by atoms with Gasteiger partial charge in [0.05, 0.1) is 25.3 Å². The predicted molar refractivity (Wildman–Crippen MR) is 83.4 cm³/mol. The minimum absolute atomic E-state index is 0.231. The molecule has 0 bridgehead atoms. The fourth-order valence-electron chi connectivity index (χ4n) is 1.86. The predicted octanol–water partition coefficient (Wildman–Crippen LogP) is 1.02. The highest BCUT2D eigenvalue weighted by molar-refractivity contribution is 7.89. The van der Waals surface area contributed by atoms with Crippen molar-refractivity contribution in [3.63, 3.8) is 0 Å². The van der Waals surface area contributed by atoms with Gasteiger partial charge in [-0.2, -0.15) is 0 Å². The van der Waals surface area contributed by atoms with Gasteiger partial charge in [-0.15, -0.1) is 4.52 Å². The minimum Gasteiger partial charge on any atom is -0.298 e. The van der Waals surface area contributed by atoms with E-state index in [1.165, 1.54) is 18.3 Å². The van der Waals surface area contributed by atoms with E-state index >= 15 is 0 Å². The zero-order chi connectivity index (χ0) is 17.0. The van der Waals surface area contributed by atoms with Crippen LogP contribution in [-0.2, 0) is 28.4 Å². The van der Waals surface area contributed by atoms with Crippen LogP contribution in [0.3, 0.4) is 0 Å². The lowest BCUT2D eigenvalue weighted by atomic mass is 10.1. The number of amides is 1. The molecule has 0 fully saturated rings. The summed E-state index contributed by atoms with van der Waals surface area (Å²) in [5.41, 5.74) is 4.16. The number of para-hydroxylation sites is 1. The Morgan fingerprint density at radius 3 is 2.74 bits per heavy atom. The van der Waals surface area contributed by atoms with Crippen LogP contribution in [0.15, 0.2) is 30.5 Å². The van der Waals surface area contributed by atoms with E-state index in [0.29, 0.717) is 11.3 Å². The molecular weight excluding hydrogens is 345 g/mol. The summed E-state index contributed by atoms with van der Waals surface area (Å²) < 4.78 is 45.3. The van der Waals surface area contributed by atoms with Gasteiger partial charge in [0.15, 0.2) is 0 Å². The molecule has 11 heteroatoms. The number of nitrogens with one attached hydrogen (secondary N) is 2. The third-order valence-electron chi connectivity index (χ3n) is 2.66. The Hall–Kier alpha value is -2.16. The lowest BCUT2D eigenvalue weighted by Crippen LogP contribution is -2.40. The Bertz CT molecular complexity index is 764. The van der Waals surface area contributed by atoms with Crippen LogP contribution >= 0.6 is 8.25 Å². The molecule has 0 aromatic heterocycles. The lowest BCUT2D eigenvalue weighted by Gasteiger charge is -2.27. The molecule has 1 aromatic rings. The van der Waals surface area contributed by atoms with Crippen LogP contribution in [0, 0.1) is 0 Å². The van der Waals surface area contributed by atoms with Gasteiger partial charge in [0.1, 0.15) is 6.54 Å². The van der Waals surface area contributed by atoms with Gasteiger partial charge < -0.3 is 0 Å². The maximum atomic E-state index is 11.7. The molecule has 0 spiro atoms. The second-order valence-electron chi connectivity index (χ2n) is 4.57. The Labute approximate surface area is 134 Å². The lowest BCUT2D eigenvalue weighted by molar-refractivity contribution is -0.119. The smallest absolute Gasteiger partial charge is 0.298 e. The van der Waals surface area contributed by atoms with Crippen molar-refractivity contribution >= 4 is 35.6 Å². The highest BCUT2D eigenvalue weighted by atomic mass is 32.2. The molecule has 1 atom stereocenters. The minimum atomic E-state index is -3.64. The van der Waals surface area contributed by atoms with Crippen LogP contribution in [0.4, 0.5) is 5.69 Å². The zero-order valence-corrected chi connectivity index (χ0v) is 14.1. The Kier molecular flexibility index (Phi) is 5.19. The maximum Gasteiger partial charge on any atom is 0.749 e. The molecule has 2 N–H and O–H groups in total. The van der Waals surface area contributed by atoms with E-state index in [0.717, 1.165) is 6.26 Å². The molecule has 124 valence electrons. The molecule has 9 nitrogen and oxygen atoms in total. The van der Waals surface area contributed by atoms with Gasteiger partial charge in [-0.25, -0.2) is 12.9 Å². The third-order valence-corrected chi connectivity index (χ3v) is 3.91. The monoisotopic (exact) mass is 360 g/mol. The zero-order valence-electron chi connectivity index (χ0n) is 12.3. The number of rotatable bonds is 6. The van der Waals surface area contributed by atoms with Gasteiger partial charge in [0.2, 0.25) is 15.8 Å². The number of hydrogen-bond acceptors (Lipinski definition) is 8. The van der Waals surface area contributed by atoms with E-state index in [4.69, 9.17) is 4.52 Å². The molecular formula is C12H15N3O6PS+. The Balaban J connectivity index is 2.21. The summed E-state index contributed by atoms with van der Waals surface area (Å²) in [6.07, 6.45) is 2.29. The first-order valence-electron chi connectivity index (χ1n) is 6.33. The van der Waals surface area contributed by atoms with Crippen LogP contribution in [0.25, 0.3) is 5.76 Å². The van der Waals surface area contributed by atoms with Crippen molar-refractivity contribution in [1.82, 2.24) is 9.73 Å². The number of sulfonamides is 1. The second-order valence-corrected chi connectivity index (χ2v) is 7.32. The van der Waals surface area contributed by atoms with Crippen LogP contribution < -0.4 is 10.1 Å². The van der Waals surface area contributed by atoms with Gasteiger partial charge in [-0.1, -0.05) is 12.1 Å². The third kappa shape index (κ3) is 4.92. The molecule has 0 saturated heterocycles. The van der Waals surface area contributed by atoms with E-state index in [-0.39, 0.29) is 12.3 Å². The van der Waals surface area contributed by atoms with Gasteiger partial charge in [0.25, 0.3) is 5.91 Å². The summed E-state index contributed by atoms with van der Waals surface area (Å²) in [4.78, 5) is 11.7. The average molecular weight is 360 g/mol. The number of fused-ring (bicyclic) bond motifs is 1. The summed E-state index contributed by atoms with van der Waals surface area (Å²) >= 11 is 0. The Morgan fingerprint density at radius 1 is 1.39 bits per heavy atom. The Morgan fingerprint density at radius 2 is 2.09 bits per heavy atom. The van der Waals surface area contributed by atoms with Crippen molar-refractivity contribution in [3.05, 3.63) is 36.0 Å². The number of hydrazine groups is 1. The molecule has 0 saturated carbocycles. The molecule has 0 radical (unpaired) electrons. The highest BCUT2D eigenvalue weighted by Crippen LogP contribution is 2.37. The molecule has 1 unspecified atom stereocenters. The summed E-state index contributed by atoms with van der Waals surface area (Å²) in [7, 11) is -4.76. The highest BCUT2D eigenvalue weighted by Gasteiger charge is 2.28. The molecule has 2 rings (SSSR count). The van der Waals surface area contributed by atoms with E-state index in [1.807, 2.05) is 4.72 Å². The van der Waals surface area contributed by atoms with Crippen molar-refractivity contribution in [2.24, 2.45) is 0 Å². The standard InChI is InChI=1S/C12H14N3O6PS/c1-20-22(17)21-11-7-15(8-12(16)14-23(2,18)19)13-10-6-4-3-5-9(10)11/h3-7,13H,8H2,1-2H3/p+1. The van der Waals surface area contributed by atoms with Crippen LogP contribution in [0.2, 0.25) is 0 Å². The molecule has 1 amide bonds. The summed E-state index contributed by atoms with van der Waals surface area (Å²) in [5, 5.41) is 1.32. The quantitative estimate of drug-likeness (QED) is 0.723. The number of benzene rings is 1. The van der Waals surface area contributed by atoms with Crippen LogP contribution in [0.1, 0.15) is 5.56 Å². The summed E-state index contributed by atoms with van der Waals surface area (Å²) in [6.45, 7) is -0.294. The van der Waals surface area contributed by atoms with Crippen molar-refractivity contribution in [1.29, 1.82) is 0 Å². The van der Waals surface area contributed by atoms with Crippen LogP contribution in [-0.4, -0.2) is 39.2 Å². The number of nitrogens with zero attached hydrogens (tertiary/aromatic N) is 1. The van der Waals surface area contributed by atoms with Gasteiger partial charge in [-0.05, 0) is 12.1 Å². The number of anilines is 1. The molecule has 1 heterocycles. The summed E-state index contributed by atoms with van der Waals surface area (Å²) in [6, 6.07) is 7.00. The molecule has 1 aromatic carbocycles. The SMILES string of the molecule is CO[P+](=O)OC1=CN(CC(=O)NS(C)(=O)=O)Nc2ccccc21. The number of carbonyl (C=O) groups is 1. The van der Waals surface area contributed by atoms with E-state index in [9.17, 15) is 17.8 Å². The fourth-order valence-corrected chi connectivity index (χ4v) is 2.72. The number of hydrogen-bond donors (Lipinski definition) is 2. The van der Waals surface area contributed by atoms with E-state index < -0.39 is 24.2 Å². The fraction of sp³-hybridized carbons (Fsp3) is 0.250. The van der Waals surface area contributed by atoms with Gasteiger partial charge in [-0.3, -0.25) is 20.0 Å². The first-order valence-corrected chi connectivity index (χ1v) is 9.31. The first kappa shape index (κ1) is 17.2. The molecule has 23 heavy (non-hydrogen) atoms. The van der Waals surface area contributed by atoms with Crippen molar-refractivity contribution in [3.8, 4) is 0 Å². The van der Waals surface area contributed by atoms with Crippen molar-refractivity contribution in [2.75, 3.05) is 25.3 Å². The van der Waals surface area contributed by atoms with Crippen molar-refractivity contribution < 1.29 is 26.8 Å². The molecule has 0 aliphatic carbocycles. The van der Waals surface area contributed by atoms with Gasteiger partial charge >= 0.3 is 8.25 Å².